The van der Waals surface area contributed by atoms with Crippen molar-refractivity contribution in [3.63, 3.8) is 0 Å². The van der Waals surface area contributed by atoms with Gasteiger partial charge in [-0.1, -0.05) is 284 Å². The van der Waals surface area contributed by atoms with Gasteiger partial charge in [-0.15, -0.1) is 0 Å². The van der Waals surface area contributed by atoms with E-state index in [0.717, 1.165) is 51.4 Å². The zero-order valence-electron chi connectivity index (χ0n) is 43.7. The van der Waals surface area contributed by atoms with Crippen LogP contribution in [0.4, 0.5) is 0 Å². The van der Waals surface area contributed by atoms with E-state index in [4.69, 9.17) is 9.47 Å². The molecule has 9 nitrogen and oxygen atoms in total. The highest BCUT2D eigenvalue weighted by atomic mass is 16.7. The predicted octanol–water partition coefficient (Wildman–Crippen LogP) is 14.2. The Balaban J connectivity index is 1.90. The summed E-state index contributed by atoms with van der Waals surface area (Å²) in [7, 11) is 0. The van der Waals surface area contributed by atoms with Crippen LogP contribution in [0.25, 0.3) is 0 Å². The molecular formula is C57H113NO8. The molecule has 1 heterocycles. The topological polar surface area (TPSA) is 149 Å². The molecule has 0 aromatic carbocycles. The zero-order valence-corrected chi connectivity index (χ0v) is 43.7. The summed E-state index contributed by atoms with van der Waals surface area (Å²) in [4.78, 5) is 12.9. The fourth-order valence-corrected chi connectivity index (χ4v) is 9.81. The molecule has 394 valence electrons. The molecule has 0 aliphatic carbocycles. The predicted molar refractivity (Wildman–Crippen MR) is 277 cm³/mol. The molecular weight excluding hydrogens is 827 g/mol. The lowest BCUT2D eigenvalue weighted by atomic mass is 9.99. The molecule has 0 aromatic rings. The van der Waals surface area contributed by atoms with Crippen LogP contribution in [0, 0.1) is 0 Å². The van der Waals surface area contributed by atoms with Crippen LogP contribution in [0.15, 0.2) is 0 Å². The minimum atomic E-state index is -1.55. The molecule has 0 aromatic heterocycles. The highest BCUT2D eigenvalue weighted by Crippen LogP contribution is 2.23. The Kier molecular flexibility index (Phi) is 45.8. The zero-order chi connectivity index (χ0) is 48.0. The summed E-state index contributed by atoms with van der Waals surface area (Å²) in [6, 6.07) is -0.709. The summed E-state index contributed by atoms with van der Waals surface area (Å²) in [5, 5.41) is 54.0. The van der Waals surface area contributed by atoms with Crippen molar-refractivity contribution in [2.45, 2.75) is 346 Å². The molecule has 0 radical (unpaired) electrons. The van der Waals surface area contributed by atoms with Gasteiger partial charge < -0.3 is 40.3 Å². The average Bonchev–Trinajstić information content (AvgIpc) is 3.32. The van der Waals surface area contributed by atoms with E-state index in [0.29, 0.717) is 12.8 Å². The number of hydrogen-bond acceptors (Lipinski definition) is 8. The number of carbonyl (C=O) groups is 1. The molecule has 1 fully saturated rings. The molecule has 7 atom stereocenters. The van der Waals surface area contributed by atoms with E-state index < -0.39 is 49.5 Å². The number of aliphatic hydroxyl groups excluding tert-OH is 5. The third-order valence-corrected chi connectivity index (χ3v) is 14.5. The fourth-order valence-electron chi connectivity index (χ4n) is 9.81. The van der Waals surface area contributed by atoms with Gasteiger partial charge in [-0.2, -0.15) is 0 Å². The van der Waals surface area contributed by atoms with Crippen molar-refractivity contribution in [3.8, 4) is 0 Å². The lowest BCUT2D eigenvalue weighted by Crippen LogP contribution is -2.60. The Bertz CT molecular complexity index is 1000. The Hall–Kier alpha value is -0.810. The van der Waals surface area contributed by atoms with Gasteiger partial charge >= 0.3 is 0 Å². The first-order valence-corrected chi connectivity index (χ1v) is 29.2. The highest BCUT2D eigenvalue weighted by Gasteiger charge is 2.44. The van der Waals surface area contributed by atoms with Gasteiger partial charge in [0.25, 0.3) is 0 Å². The van der Waals surface area contributed by atoms with Gasteiger partial charge in [0.1, 0.15) is 24.4 Å². The molecule has 1 amide bonds. The van der Waals surface area contributed by atoms with Crippen LogP contribution in [-0.4, -0.2) is 87.5 Å². The maximum Gasteiger partial charge on any atom is 0.220 e. The summed E-state index contributed by atoms with van der Waals surface area (Å²) in [5.41, 5.74) is 0. The minimum absolute atomic E-state index is 0.135. The van der Waals surface area contributed by atoms with Gasteiger partial charge in [0.2, 0.25) is 5.91 Å². The maximum absolute atomic E-state index is 12.9. The van der Waals surface area contributed by atoms with Crippen LogP contribution in [0.3, 0.4) is 0 Å². The molecule has 1 aliphatic rings. The molecule has 9 heteroatoms. The molecule has 0 saturated carbocycles. The van der Waals surface area contributed by atoms with Gasteiger partial charge in [-0.25, -0.2) is 0 Å². The average molecular weight is 941 g/mol. The Morgan fingerprint density at radius 3 is 1.08 bits per heavy atom. The smallest absolute Gasteiger partial charge is 0.220 e. The van der Waals surface area contributed by atoms with Crippen LogP contribution in [0.1, 0.15) is 303 Å². The van der Waals surface area contributed by atoms with E-state index in [1.807, 2.05) is 0 Å². The normalized spacial score (nSPS) is 19.7. The SMILES string of the molecule is CCCCCCCCCCCCCCCCCCCCCCCCCCCCCCCCCCCCCCCCC(=O)NC(COC1OC(CO)C(O)C(O)C1O)C(O)CCCCCCC. The van der Waals surface area contributed by atoms with Gasteiger partial charge in [0.05, 0.1) is 25.4 Å². The summed E-state index contributed by atoms with van der Waals surface area (Å²) in [6.45, 7) is 3.77. The van der Waals surface area contributed by atoms with E-state index in [1.165, 1.54) is 225 Å². The van der Waals surface area contributed by atoms with Crippen molar-refractivity contribution < 1.29 is 39.8 Å². The molecule has 0 bridgehead atoms. The number of hydrogen-bond donors (Lipinski definition) is 6. The standard InChI is InChI=1S/C57H113NO8/c1-3-5-7-9-10-11-12-13-14-15-16-17-18-19-20-21-22-23-24-25-26-27-28-29-30-31-32-33-34-35-36-37-38-39-40-41-43-45-47-53(61)58-50(51(60)46-44-42-8-6-4-2)49-65-57-56(64)55(63)54(62)52(48-59)66-57/h50-52,54-57,59-60,62-64H,3-49H2,1-2H3,(H,58,61). The number of ether oxygens (including phenoxy) is 2. The van der Waals surface area contributed by atoms with Crippen LogP contribution in [-0.2, 0) is 14.3 Å². The first-order valence-electron chi connectivity index (χ1n) is 29.2. The molecule has 66 heavy (non-hydrogen) atoms. The van der Waals surface area contributed by atoms with E-state index in [-0.39, 0.29) is 12.5 Å². The monoisotopic (exact) mass is 940 g/mol. The summed E-state index contributed by atoms with van der Waals surface area (Å²) < 4.78 is 11.2. The number of unbranched alkanes of at least 4 members (excludes halogenated alkanes) is 41. The van der Waals surface area contributed by atoms with Crippen LogP contribution in [0.2, 0.25) is 0 Å². The van der Waals surface area contributed by atoms with Crippen molar-refractivity contribution in [2.24, 2.45) is 0 Å². The van der Waals surface area contributed by atoms with Crippen molar-refractivity contribution >= 4 is 5.91 Å². The summed E-state index contributed by atoms with van der Waals surface area (Å²) in [5.74, 6) is -0.145. The second-order valence-corrected chi connectivity index (χ2v) is 20.8. The second kappa shape index (κ2) is 47.8. The van der Waals surface area contributed by atoms with E-state index >= 15 is 0 Å². The van der Waals surface area contributed by atoms with Gasteiger partial charge in [0.15, 0.2) is 6.29 Å². The molecule has 1 saturated heterocycles. The number of rotatable bonds is 51. The minimum Gasteiger partial charge on any atom is -0.394 e. The largest absolute Gasteiger partial charge is 0.394 e. The third-order valence-electron chi connectivity index (χ3n) is 14.5. The molecule has 1 aliphatic heterocycles. The Labute approximate surface area is 408 Å². The van der Waals surface area contributed by atoms with Gasteiger partial charge in [-0.3, -0.25) is 4.79 Å². The van der Waals surface area contributed by atoms with Gasteiger partial charge in [-0.05, 0) is 12.8 Å². The number of nitrogens with one attached hydrogen (secondary N) is 1. The first-order chi connectivity index (χ1) is 32.3. The highest BCUT2D eigenvalue weighted by molar-refractivity contribution is 5.76. The maximum atomic E-state index is 12.9. The van der Waals surface area contributed by atoms with Crippen molar-refractivity contribution in [1.82, 2.24) is 5.32 Å². The first kappa shape index (κ1) is 63.2. The Morgan fingerprint density at radius 2 is 0.758 bits per heavy atom. The second-order valence-electron chi connectivity index (χ2n) is 20.8. The van der Waals surface area contributed by atoms with Crippen molar-refractivity contribution in [1.29, 1.82) is 0 Å². The Morgan fingerprint density at radius 1 is 0.455 bits per heavy atom. The summed E-state index contributed by atoms with van der Waals surface area (Å²) in [6.07, 6.45) is 51.0. The van der Waals surface area contributed by atoms with E-state index in [9.17, 15) is 30.3 Å². The van der Waals surface area contributed by atoms with Crippen molar-refractivity contribution in [2.75, 3.05) is 13.2 Å². The van der Waals surface area contributed by atoms with Crippen LogP contribution < -0.4 is 5.32 Å². The summed E-state index contributed by atoms with van der Waals surface area (Å²) >= 11 is 0. The lowest BCUT2D eigenvalue weighted by molar-refractivity contribution is -0.302. The lowest BCUT2D eigenvalue weighted by Gasteiger charge is -2.40. The molecule has 1 rings (SSSR count). The fraction of sp³-hybridized carbons (Fsp3) is 0.982. The number of amides is 1. The van der Waals surface area contributed by atoms with E-state index in [2.05, 4.69) is 19.2 Å². The van der Waals surface area contributed by atoms with Crippen molar-refractivity contribution in [3.05, 3.63) is 0 Å². The molecule has 6 N–H and O–H groups in total. The van der Waals surface area contributed by atoms with Crippen LogP contribution >= 0.6 is 0 Å². The third kappa shape index (κ3) is 37.1. The number of carbonyl (C=O) groups excluding carboxylic acids is 1. The quantitative estimate of drug-likeness (QED) is 0.0330. The molecule has 7 unspecified atom stereocenters. The van der Waals surface area contributed by atoms with E-state index in [1.54, 1.807) is 0 Å². The van der Waals surface area contributed by atoms with Crippen LogP contribution in [0.5, 0.6) is 0 Å². The number of aliphatic hydroxyl groups is 5. The van der Waals surface area contributed by atoms with Gasteiger partial charge in [0, 0.05) is 6.42 Å². The molecule has 0 spiro atoms.